The number of ether oxygens (including phenoxy) is 1. The van der Waals surface area contributed by atoms with Gasteiger partial charge in [0.15, 0.2) is 0 Å². The molecule has 0 amide bonds. The Morgan fingerprint density at radius 3 is 2.50 bits per heavy atom. The van der Waals surface area contributed by atoms with Gasteiger partial charge in [-0.15, -0.1) is 0 Å². The van der Waals surface area contributed by atoms with Crippen molar-refractivity contribution >= 4 is 31.3 Å². The van der Waals surface area contributed by atoms with Gasteiger partial charge < -0.3 is 0 Å². The molecule has 2 aromatic rings. The van der Waals surface area contributed by atoms with E-state index in [2.05, 4.69) is 34.6 Å². The van der Waals surface area contributed by atoms with Crippen LogP contribution in [0.15, 0.2) is 18.5 Å². The number of anilines is 2. The summed E-state index contributed by atoms with van der Waals surface area (Å²) in [5, 5.41) is 0. The fraction of sp³-hybridized carbons (Fsp3) is 0.308. The van der Waals surface area contributed by atoms with Gasteiger partial charge in [0, 0.05) is 0 Å². The van der Waals surface area contributed by atoms with E-state index in [1.54, 1.807) is 0 Å². The van der Waals surface area contributed by atoms with Crippen molar-refractivity contribution < 1.29 is 4.74 Å². The van der Waals surface area contributed by atoms with Crippen LogP contribution in [0.3, 0.4) is 0 Å². The second kappa shape index (κ2) is 6.07. The van der Waals surface area contributed by atoms with Gasteiger partial charge in [-0.2, -0.15) is 0 Å². The van der Waals surface area contributed by atoms with Crippen LogP contribution in [0.2, 0.25) is 5.82 Å². The van der Waals surface area contributed by atoms with Crippen LogP contribution in [-0.4, -0.2) is 29.9 Å². The minimum atomic E-state index is 0.131. The molecule has 0 bridgehead atoms. The zero-order valence-electron chi connectivity index (χ0n) is 11.6. The van der Waals surface area contributed by atoms with Gasteiger partial charge in [0.1, 0.15) is 0 Å². The third-order valence-corrected chi connectivity index (χ3v) is 4.07. The van der Waals surface area contributed by atoms with E-state index in [-0.39, 0.29) is 11.8 Å². The van der Waals surface area contributed by atoms with E-state index in [0.29, 0.717) is 26.6 Å². The average molecular weight is 338 g/mol. The molecule has 2 heterocycles. The molecule has 106 valence electrons. The number of aromatic nitrogens is 3. The summed E-state index contributed by atoms with van der Waals surface area (Å²) < 4.78 is 6.88. The predicted octanol–water partition coefficient (Wildman–Crippen LogP) is 1.33. The number of pyridine rings is 1. The first-order chi connectivity index (χ1) is 9.51. The van der Waals surface area contributed by atoms with Crippen molar-refractivity contribution in [1.29, 1.82) is 0 Å². The molecule has 0 aromatic carbocycles. The molecule has 0 aliphatic carbocycles. The normalized spacial score (nSPS) is 10.8. The van der Waals surface area contributed by atoms with Gasteiger partial charge in [-0.05, 0) is 0 Å². The van der Waals surface area contributed by atoms with Crippen molar-refractivity contribution in [3.8, 4) is 11.5 Å². The van der Waals surface area contributed by atoms with E-state index in [0.717, 1.165) is 15.9 Å². The molecule has 0 saturated heterocycles. The number of hydrogen-bond acceptors (Lipinski definition) is 6. The first-order valence-corrected chi connectivity index (χ1v) is 8.68. The third-order valence-electron chi connectivity index (χ3n) is 2.72. The van der Waals surface area contributed by atoms with Crippen LogP contribution >= 0.6 is 0 Å². The Balaban J connectivity index is 2.40. The average Bonchev–Trinajstić information content (AvgIpc) is 2.41. The summed E-state index contributed by atoms with van der Waals surface area (Å²) >= 11 is 0.302. The Labute approximate surface area is 124 Å². The van der Waals surface area contributed by atoms with Crippen molar-refractivity contribution in [1.82, 2.24) is 15.0 Å². The number of rotatable bonds is 4. The van der Waals surface area contributed by atoms with Crippen LogP contribution in [0.1, 0.15) is 25.3 Å². The van der Waals surface area contributed by atoms with Crippen LogP contribution in [-0.2, 0) is 0 Å². The molecule has 0 fully saturated rings. The number of nitrogens with zero attached hydrogens (tertiary/aromatic N) is 3. The van der Waals surface area contributed by atoms with Crippen LogP contribution in [0.25, 0.3) is 0 Å². The summed E-state index contributed by atoms with van der Waals surface area (Å²) in [6, 6.07) is 1.95. The van der Waals surface area contributed by atoms with Gasteiger partial charge in [-0.3, -0.25) is 0 Å². The van der Waals surface area contributed by atoms with Crippen LogP contribution < -0.4 is 20.8 Å². The van der Waals surface area contributed by atoms with E-state index >= 15 is 0 Å². The SMILES string of the molecule is C[Se]c1cc(Oc2cnc(N)nc2N)c(C(C)C)cn1. The van der Waals surface area contributed by atoms with E-state index < -0.39 is 0 Å². The summed E-state index contributed by atoms with van der Waals surface area (Å²) in [5.74, 6) is 3.91. The first kappa shape index (κ1) is 14.6. The van der Waals surface area contributed by atoms with Gasteiger partial charge in [-0.1, -0.05) is 0 Å². The number of nitrogens with two attached hydrogens (primary N) is 2. The molecule has 0 aliphatic rings. The maximum absolute atomic E-state index is 5.86. The van der Waals surface area contributed by atoms with Gasteiger partial charge in [0.2, 0.25) is 0 Å². The maximum atomic E-state index is 5.86. The Hall–Kier alpha value is -1.85. The zero-order chi connectivity index (χ0) is 14.7. The molecule has 4 N–H and O–H groups in total. The summed E-state index contributed by atoms with van der Waals surface area (Å²) in [4.78, 5) is 12.2. The van der Waals surface area contributed by atoms with Crippen molar-refractivity contribution in [2.75, 3.05) is 11.5 Å². The zero-order valence-corrected chi connectivity index (χ0v) is 13.3. The molecular formula is C13H17N5OSe. The molecule has 0 radical (unpaired) electrons. The second-order valence-corrected chi connectivity index (χ2v) is 6.23. The fourth-order valence-electron chi connectivity index (χ4n) is 1.66. The summed E-state index contributed by atoms with van der Waals surface area (Å²) in [7, 11) is 0. The molecule has 2 aromatic heterocycles. The van der Waals surface area contributed by atoms with Crippen molar-refractivity contribution in [3.05, 3.63) is 24.0 Å². The Morgan fingerprint density at radius 1 is 1.15 bits per heavy atom. The Kier molecular flexibility index (Phi) is 4.42. The molecule has 2 rings (SSSR count). The summed E-state index contributed by atoms with van der Waals surface area (Å²) in [5.41, 5.74) is 12.3. The van der Waals surface area contributed by atoms with E-state index in [9.17, 15) is 0 Å². The van der Waals surface area contributed by atoms with Gasteiger partial charge in [0.25, 0.3) is 0 Å². The van der Waals surface area contributed by atoms with E-state index in [4.69, 9.17) is 16.2 Å². The standard InChI is InChI=1S/C13H17N5OSe/c1-7(2)8-5-16-11(20-3)4-9(8)19-10-6-17-13(15)18-12(10)14/h4-7H,1-3H3,(H4,14,15,17,18). The molecule has 0 saturated carbocycles. The van der Waals surface area contributed by atoms with Crippen LogP contribution in [0.5, 0.6) is 11.5 Å². The predicted molar refractivity (Wildman–Crippen MR) is 80.5 cm³/mol. The van der Waals surface area contributed by atoms with Crippen LogP contribution in [0, 0.1) is 0 Å². The van der Waals surface area contributed by atoms with Crippen LogP contribution in [0.4, 0.5) is 11.8 Å². The fourth-order valence-corrected chi connectivity index (χ4v) is 2.46. The first-order valence-electron chi connectivity index (χ1n) is 6.11. The number of nitrogen functional groups attached to an aromatic ring is 2. The number of hydrogen-bond donors (Lipinski definition) is 2. The Bertz CT molecular complexity index is 618. The topological polar surface area (TPSA) is 99.9 Å². The molecule has 0 spiro atoms. The van der Waals surface area contributed by atoms with Gasteiger partial charge in [0.05, 0.1) is 0 Å². The summed E-state index contributed by atoms with van der Waals surface area (Å²) in [6.45, 7) is 4.17. The third kappa shape index (κ3) is 3.18. The van der Waals surface area contributed by atoms with E-state index in [1.165, 1.54) is 6.20 Å². The van der Waals surface area contributed by atoms with Crippen molar-refractivity contribution in [3.63, 3.8) is 0 Å². The van der Waals surface area contributed by atoms with E-state index in [1.807, 2.05) is 12.3 Å². The van der Waals surface area contributed by atoms with Crippen molar-refractivity contribution in [2.24, 2.45) is 0 Å². The quantitative estimate of drug-likeness (QED) is 0.816. The molecule has 0 aliphatic heterocycles. The Morgan fingerprint density at radius 2 is 1.90 bits per heavy atom. The molecular weight excluding hydrogens is 321 g/mol. The summed E-state index contributed by atoms with van der Waals surface area (Å²) in [6.07, 6.45) is 3.34. The minimum absolute atomic E-state index is 0.131. The molecule has 7 heteroatoms. The van der Waals surface area contributed by atoms with Crippen molar-refractivity contribution in [2.45, 2.75) is 25.6 Å². The van der Waals surface area contributed by atoms with Gasteiger partial charge in [-0.25, -0.2) is 0 Å². The molecule has 0 unspecified atom stereocenters. The monoisotopic (exact) mass is 339 g/mol. The van der Waals surface area contributed by atoms with Gasteiger partial charge >= 0.3 is 124 Å². The molecule has 20 heavy (non-hydrogen) atoms. The second-order valence-electron chi connectivity index (χ2n) is 4.50. The molecule has 0 atom stereocenters. The molecule has 6 nitrogen and oxygen atoms in total.